The first kappa shape index (κ1) is 6.48. The summed E-state index contributed by atoms with van der Waals surface area (Å²) in [5.41, 5.74) is 1.82. The quantitative estimate of drug-likeness (QED) is 0.529. The Morgan fingerprint density at radius 2 is 1.85 bits per heavy atom. The third-order valence-electron chi connectivity index (χ3n) is 7.44. The summed E-state index contributed by atoms with van der Waals surface area (Å²) in [7, 11) is 0. The monoisotopic (exact) mass is 174 g/mol. The summed E-state index contributed by atoms with van der Waals surface area (Å²) >= 11 is 0. The molecule has 7 unspecified atom stereocenters. The van der Waals surface area contributed by atoms with Crippen LogP contribution < -0.4 is 0 Å². The van der Waals surface area contributed by atoms with Gasteiger partial charge in [0.25, 0.3) is 0 Å². The van der Waals surface area contributed by atoms with Crippen LogP contribution in [0.5, 0.6) is 0 Å². The minimum absolute atomic E-state index is 0.883. The first-order valence-electron chi connectivity index (χ1n) is 6.27. The molecule has 0 aromatic heterocycles. The lowest BCUT2D eigenvalue weighted by molar-refractivity contribution is -0.261. The average Bonchev–Trinajstić information content (AvgIpc) is 2.68. The van der Waals surface area contributed by atoms with E-state index in [4.69, 9.17) is 0 Å². The summed E-state index contributed by atoms with van der Waals surface area (Å²) in [6.07, 6.45) is 8.21. The second-order valence-corrected chi connectivity index (χ2v) is 6.94. The Labute approximate surface area is 80.1 Å². The van der Waals surface area contributed by atoms with Crippen molar-refractivity contribution >= 4 is 0 Å². The molecule has 0 N–H and O–H groups in total. The molecule has 5 rings (SSSR count). The van der Waals surface area contributed by atoms with Gasteiger partial charge in [-0.3, -0.25) is 0 Å². The molecule has 0 aromatic rings. The zero-order chi connectivity index (χ0) is 8.42. The number of hydrogen-bond acceptors (Lipinski definition) is 0. The van der Waals surface area contributed by atoms with Crippen LogP contribution in [-0.2, 0) is 0 Å². The van der Waals surface area contributed by atoms with E-state index >= 15 is 0 Å². The minimum Gasteiger partial charge on any atom is -0.0585 e. The van der Waals surface area contributed by atoms with Gasteiger partial charge < -0.3 is 0 Å². The smallest absolute Gasteiger partial charge is 0.0176 e. The van der Waals surface area contributed by atoms with E-state index in [0.717, 1.165) is 10.8 Å². The van der Waals surface area contributed by atoms with Gasteiger partial charge in [0.2, 0.25) is 0 Å². The van der Waals surface area contributed by atoms with Crippen LogP contribution in [0.15, 0.2) is 0 Å². The lowest BCUT2D eigenvalue weighted by atomic mass is 9.31. The Morgan fingerprint density at radius 3 is 2.77 bits per heavy atom. The highest BCUT2D eigenvalue weighted by Crippen LogP contribution is 2.92. The summed E-state index contributed by atoms with van der Waals surface area (Å²) in [5.74, 6) is 5.98. The van der Waals surface area contributed by atoms with Crippen LogP contribution in [0.4, 0.5) is 0 Å². The second kappa shape index (κ2) is 1.42. The van der Waals surface area contributed by atoms with E-state index < -0.39 is 0 Å². The van der Waals surface area contributed by atoms with E-state index in [1.165, 1.54) is 29.6 Å². The summed E-state index contributed by atoms with van der Waals surface area (Å²) in [5, 5.41) is 0. The molecule has 0 saturated heterocycles. The van der Waals surface area contributed by atoms with Gasteiger partial charge in [0, 0.05) is 0 Å². The molecule has 5 fully saturated rings. The third kappa shape index (κ3) is 0.357. The summed E-state index contributed by atoms with van der Waals surface area (Å²) in [6, 6.07) is 0. The highest BCUT2D eigenvalue weighted by atomic mass is 14.9. The first-order chi connectivity index (χ1) is 6.27. The predicted octanol–water partition coefficient (Wildman–Crippen LogP) is 3.08. The molecule has 13 heavy (non-hydrogen) atoms. The molecule has 0 aliphatic heterocycles. The van der Waals surface area contributed by atoms with Crippen molar-refractivity contribution in [3.63, 3.8) is 0 Å². The molecule has 5 aliphatic carbocycles. The highest BCUT2D eigenvalue weighted by molar-refractivity contribution is 5.33. The Morgan fingerprint density at radius 1 is 0.923 bits per heavy atom. The van der Waals surface area contributed by atoms with Crippen LogP contribution in [0.3, 0.4) is 0 Å². The molecule has 0 heterocycles. The molecular formula is C13H18. The van der Waals surface area contributed by atoms with Crippen molar-refractivity contribution in [3.8, 4) is 0 Å². The second-order valence-electron chi connectivity index (χ2n) is 6.94. The van der Waals surface area contributed by atoms with Gasteiger partial charge >= 0.3 is 0 Å². The van der Waals surface area contributed by atoms with Crippen LogP contribution >= 0.6 is 0 Å². The van der Waals surface area contributed by atoms with Crippen LogP contribution in [0, 0.1) is 40.4 Å². The molecule has 0 radical (unpaired) electrons. The number of rotatable bonds is 0. The summed E-state index contributed by atoms with van der Waals surface area (Å²) in [6.45, 7) is 2.66. The zero-order valence-corrected chi connectivity index (χ0v) is 8.42. The minimum atomic E-state index is 0.883. The van der Waals surface area contributed by atoms with Crippen molar-refractivity contribution in [1.29, 1.82) is 0 Å². The van der Waals surface area contributed by atoms with Gasteiger partial charge in [-0.1, -0.05) is 6.92 Å². The topological polar surface area (TPSA) is 0 Å². The zero-order valence-electron chi connectivity index (χ0n) is 8.42. The van der Waals surface area contributed by atoms with Gasteiger partial charge in [0.05, 0.1) is 0 Å². The van der Waals surface area contributed by atoms with E-state index in [1.807, 2.05) is 0 Å². The maximum Gasteiger partial charge on any atom is -0.0176 e. The Kier molecular flexibility index (Phi) is 0.707. The van der Waals surface area contributed by atoms with Gasteiger partial charge in [-0.05, 0) is 72.5 Å². The molecule has 0 aromatic carbocycles. The Bertz CT molecular complexity index is 310. The molecule has 0 nitrogen and oxygen atoms in total. The van der Waals surface area contributed by atoms with E-state index in [0.29, 0.717) is 0 Å². The van der Waals surface area contributed by atoms with Crippen molar-refractivity contribution in [1.82, 2.24) is 0 Å². The van der Waals surface area contributed by atoms with Crippen LogP contribution in [0.1, 0.15) is 39.0 Å². The van der Waals surface area contributed by atoms with Gasteiger partial charge in [-0.2, -0.15) is 0 Å². The molecule has 2 bridgehead atoms. The van der Waals surface area contributed by atoms with E-state index in [-0.39, 0.29) is 0 Å². The highest BCUT2D eigenvalue weighted by Gasteiger charge is 2.85. The lowest BCUT2D eigenvalue weighted by Crippen LogP contribution is -2.68. The van der Waals surface area contributed by atoms with Crippen LogP contribution in [-0.4, -0.2) is 0 Å². The van der Waals surface area contributed by atoms with E-state index in [9.17, 15) is 0 Å². The maximum absolute atomic E-state index is 2.66. The number of fused-ring (bicyclic) bond motifs is 2. The summed E-state index contributed by atoms with van der Waals surface area (Å²) < 4.78 is 0. The molecule has 7 atom stereocenters. The Hall–Kier alpha value is 0. The van der Waals surface area contributed by atoms with Crippen molar-refractivity contribution in [3.05, 3.63) is 0 Å². The predicted molar refractivity (Wildman–Crippen MR) is 51.1 cm³/mol. The SMILES string of the molecule is CC12C3CC1C1CC4CC(C3)C12C4. The van der Waals surface area contributed by atoms with E-state index in [1.54, 1.807) is 32.1 Å². The van der Waals surface area contributed by atoms with Gasteiger partial charge in [-0.25, -0.2) is 0 Å². The van der Waals surface area contributed by atoms with Gasteiger partial charge in [0.15, 0.2) is 0 Å². The van der Waals surface area contributed by atoms with Crippen molar-refractivity contribution in [2.24, 2.45) is 40.4 Å². The fourth-order valence-corrected chi connectivity index (χ4v) is 7.27. The molecule has 0 amide bonds. The standard InChI is InChI=1S/C13H18/c1-12-8-4-9-2-7-3-11(10(12)5-8)13(9,12)6-7/h7-11H,2-6H2,1H3. The van der Waals surface area contributed by atoms with Gasteiger partial charge in [-0.15, -0.1) is 0 Å². The summed E-state index contributed by atoms with van der Waals surface area (Å²) in [4.78, 5) is 0. The normalized spacial score (nSPS) is 80.5. The van der Waals surface area contributed by atoms with Crippen LogP contribution in [0.2, 0.25) is 0 Å². The Balaban J connectivity index is 1.81. The fraction of sp³-hybridized carbons (Fsp3) is 1.00. The van der Waals surface area contributed by atoms with Gasteiger partial charge in [0.1, 0.15) is 0 Å². The number of hydrogen-bond donors (Lipinski definition) is 0. The van der Waals surface area contributed by atoms with Crippen molar-refractivity contribution < 1.29 is 0 Å². The molecule has 70 valence electrons. The maximum atomic E-state index is 2.66. The largest absolute Gasteiger partial charge is 0.0585 e. The molecule has 0 heteroatoms. The molecule has 1 spiro atoms. The fourth-order valence-electron chi connectivity index (χ4n) is 7.27. The lowest BCUT2D eigenvalue weighted by Gasteiger charge is -2.73. The van der Waals surface area contributed by atoms with Crippen LogP contribution in [0.25, 0.3) is 0 Å². The molecule has 5 saturated carbocycles. The van der Waals surface area contributed by atoms with Crippen molar-refractivity contribution in [2.45, 2.75) is 39.0 Å². The van der Waals surface area contributed by atoms with Crippen molar-refractivity contribution in [2.75, 3.05) is 0 Å². The third-order valence-corrected chi connectivity index (χ3v) is 7.44. The van der Waals surface area contributed by atoms with E-state index in [2.05, 4.69) is 6.92 Å². The molecule has 5 aliphatic rings. The average molecular weight is 174 g/mol. The molecular weight excluding hydrogens is 156 g/mol. The first-order valence-corrected chi connectivity index (χ1v) is 6.27.